The Morgan fingerprint density at radius 2 is 2.00 bits per heavy atom. The van der Waals surface area contributed by atoms with Gasteiger partial charge < -0.3 is 0 Å². The van der Waals surface area contributed by atoms with Gasteiger partial charge in [0.25, 0.3) is 0 Å². The summed E-state index contributed by atoms with van der Waals surface area (Å²) < 4.78 is 4.94. The fourth-order valence-corrected chi connectivity index (χ4v) is 1.82. The first kappa shape index (κ1) is 10.4. The molecule has 0 unspecified atom stereocenters. The van der Waals surface area contributed by atoms with Crippen LogP contribution in [0.3, 0.4) is 0 Å². The second-order valence-electron chi connectivity index (χ2n) is 2.80. The van der Waals surface area contributed by atoms with E-state index in [0.29, 0.717) is 11.3 Å². The van der Waals surface area contributed by atoms with Crippen LogP contribution in [0.5, 0.6) is 5.75 Å². The summed E-state index contributed by atoms with van der Waals surface area (Å²) in [7, 11) is -2.46. The van der Waals surface area contributed by atoms with Gasteiger partial charge in [0.05, 0.1) is 0 Å². The molecule has 0 radical (unpaired) electrons. The van der Waals surface area contributed by atoms with Crippen molar-refractivity contribution >= 4 is 7.94 Å². The van der Waals surface area contributed by atoms with E-state index < -0.39 is 7.94 Å². The van der Waals surface area contributed by atoms with E-state index in [-0.39, 0.29) is 6.16 Å². The Bertz CT molecular complexity index is 282. The molecule has 3 N–H and O–H groups in total. The molecule has 13 heavy (non-hydrogen) atoms. The molecule has 0 spiro atoms. The average Bonchev–Trinajstić information content (AvgIpc) is 2.01. The predicted molar refractivity (Wildman–Crippen MR) is 51.7 cm³/mol. The Morgan fingerprint density at radius 1 is 1.31 bits per heavy atom. The fourth-order valence-electron chi connectivity index (χ4n) is 1.06. The van der Waals surface area contributed by atoms with Crippen LogP contribution in [0.1, 0.15) is 5.56 Å². The van der Waals surface area contributed by atoms with Crippen LogP contribution in [0.2, 0.25) is 0 Å². The summed E-state index contributed by atoms with van der Waals surface area (Å²) in [4.78, 5) is 26.5. The van der Waals surface area contributed by atoms with Crippen molar-refractivity contribution in [3.63, 3.8) is 0 Å². The third kappa shape index (κ3) is 3.70. The van der Waals surface area contributed by atoms with Crippen molar-refractivity contribution in [3.05, 3.63) is 29.8 Å². The zero-order chi connectivity index (χ0) is 9.90. The first-order chi connectivity index (χ1) is 6.01. The van der Waals surface area contributed by atoms with Crippen molar-refractivity contribution in [2.75, 3.05) is 7.11 Å². The molecule has 0 heterocycles. The van der Waals surface area contributed by atoms with E-state index >= 15 is 0 Å². The molecule has 0 aliphatic carbocycles. The zero-order valence-corrected chi connectivity index (χ0v) is 8.27. The van der Waals surface area contributed by atoms with Gasteiger partial charge in [-0.3, -0.25) is 0 Å². The molecule has 0 amide bonds. The van der Waals surface area contributed by atoms with Crippen LogP contribution in [0.25, 0.3) is 0 Å². The monoisotopic (exact) mass is 204 g/mol. The van der Waals surface area contributed by atoms with Crippen LogP contribution >= 0.6 is 7.94 Å². The zero-order valence-electron chi connectivity index (χ0n) is 7.27. The molecular weight excluding hydrogens is 191 g/mol. The summed E-state index contributed by atoms with van der Waals surface area (Å²) in [5.74, 6) is 0.635. The van der Waals surface area contributed by atoms with Gasteiger partial charge in [-0.15, -0.1) is 0 Å². The molecule has 0 aliphatic heterocycles. The minimum absolute atomic E-state index is 0.107. The minimum atomic E-state index is -3.99. The van der Waals surface area contributed by atoms with Crippen LogP contribution in [-0.2, 0) is 6.16 Å². The summed E-state index contributed by atoms with van der Waals surface area (Å²) in [6.07, 6.45) is -0.107. The van der Waals surface area contributed by atoms with Gasteiger partial charge in [0.1, 0.15) is 0 Å². The molecule has 0 bridgehead atoms. The SMILES string of the molecule is COc1cccc(C[PH](O)(O)O)c1. The van der Waals surface area contributed by atoms with Crippen molar-refractivity contribution in [2.24, 2.45) is 0 Å². The Morgan fingerprint density at radius 3 is 2.54 bits per heavy atom. The molecular formula is C8H13O4P. The number of benzene rings is 1. The summed E-state index contributed by atoms with van der Waals surface area (Å²) in [5.41, 5.74) is 0.651. The van der Waals surface area contributed by atoms with Gasteiger partial charge in [-0.1, -0.05) is 0 Å². The van der Waals surface area contributed by atoms with Crippen molar-refractivity contribution in [1.82, 2.24) is 0 Å². The second-order valence-corrected chi connectivity index (χ2v) is 4.70. The maximum atomic E-state index is 8.84. The van der Waals surface area contributed by atoms with Crippen molar-refractivity contribution in [1.29, 1.82) is 0 Å². The van der Waals surface area contributed by atoms with Gasteiger partial charge in [-0.2, -0.15) is 0 Å². The van der Waals surface area contributed by atoms with Crippen LogP contribution in [0.15, 0.2) is 24.3 Å². The van der Waals surface area contributed by atoms with Gasteiger partial charge in [-0.25, -0.2) is 0 Å². The van der Waals surface area contributed by atoms with E-state index in [4.69, 9.17) is 19.4 Å². The third-order valence-electron chi connectivity index (χ3n) is 1.58. The van der Waals surface area contributed by atoms with Crippen LogP contribution in [0.4, 0.5) is 0 Å². The first-order valence-electron chi connectivity index (χ1n) is 3.81. The van der Waals surface area contributed by atoms with E-state index in [1.807, 2.05) is 0 Å². The van der Waals surface area contributed by atoms with Gasteiger partial charge >= 0.3 is 76.2 Å². The summed E-state index contributed by atoms with van der Waals surface area (Å²) >= 11 is 0. The fraction of sp³-hybridized carbons (Fsp3) is 0.250. The topological polar surface area (TPSA) is 69.9 Å². The van der Waals surface area contributed by atoms with Crippen LogP contribution < -0.4 is 4.74 Å². The number of rotatable bonds is 3. The second kappa shape index (κ2) is 4.03. The molecule has 0 aromatic heterocycles. The van der Waals surface area contributed by atoms with Gasteiger partial charge in [0, 0.05) is 0 Å². The van der Waals surface area contributed by atoms with Gasteiger partial charge in [-0.05, 0) is 0 Å². The number of hydrogen-bond donors (Lipinski definition) is 3. The molecule has 0 saturated heterocycles. The first-order valence-corrected chi connectivity index (χ1v) is 5.86. The molecule has 0 atom stereocenters. The van der Waals surface area contributed by atoms with Gasteiger partial charge in [0.2, 0.25) is 0 Å². The number of methoxy groups -OCH3 is 1. The van der Waals surface area contributed by atoms with Crippen molar-refractivity contribution < 1.29 is 19.4 Å². The Kier molecular flexibility index (Phi) is 3.22. The van der Waals surface area contributed by atoms with Gasteiger partial charge in [0.15, 0.2) is 0 Å². The number of hydrogen-bond acceptors (Lipinski definition) is 4. The van der Waals surface area contributed by atoms with Crippen molar-refractivity contribution in [2.45, 2.75) is 6.16 Å². The van der Waals surface area contributed by atoms with E-state index in [0.717, 1.165) is 0 Å². The predicted octanol–water partition coefficient (Wildman–Crippen LogP) is 0.667. The molecule has 0 aliphatic rings. The molecule has 4 nitrogen and oxygen atoms in total. The Hall–Kier alpha value is -0.670. The normalized spacial score (nSPS) is 12.6. The molecule has 74 valence electrons. The van der Waals surface area contributed by atoms with E-state index in [2.05, 4.69) is 0 Å². The van der Waals surface area contributed by atoms with Crippen LogP contribution in [0, 0.1) is 0 Å². The van der Waals surface area contributed by atoms with E-state index in [9.17, 15) is 0 Å². The quantitative estimate of drug-likeness (QED) is 0.633. The standard InChI is InChI=1S/C8H13O4P/c1-12-8-4-2-3-7(5-8)6-13(9,10)11/h2-5,9-11,13H,6H2,1H3. The Balaban J connectivity index is 2.78. The molecule has 1 aromatic rings. The molecule has 1 rings (SSSR count). The number of ether oxygens (including phenoxy) is 1. The third-order valence-corrected chi connectivity index (χ3v) is 2.46. The summed E-state index contributed by atoms with van der Waals surface area (Å²) in [6, 6.07) is 6.84. The molecule has 0 saturated carbocycles. The molecule has 1 aromatic carbocycles. The Labute approximate surface area is 77.0 Å². The maximum absolute atomic E-state index is 8.84. The van der Waals surface area contributed by atoms with E-state index in [1.165, 1.54) is 7.11 Å². The molecule has 5 heteroatoms. The van der Waals surface area contributed by atoms with E-state index in [1.54, 1.807) is 24.3 Å². The van der Waals surface area contributed by atoms with Crippen LogP contribution in [-0.4, -0.2) is 21.8 Å². The summed E-state index contributed by atoms with van der Waals surface area (Å²) in [6.45, 7) is 0. The van der Waals surface area contributed by atoms with Crippen molar-refractivity contribution in [3.8, 4) is 5.75 Å². The average molecular weight is 204 g/mol. The molecule has 0 fully saturated rings. The summed E-state index contributed by atoms with van der Waals surface area (Å²) in [5, 5.41) is 0.